The van der Waals surface area contributed by atoms with Crippen LogP contribution in [0.3, 0.4) is 0 Å². The van der Waals surface area contributed by atoms with E-state index in [-0.39, 0.29) is 12.0 Å². The van der Waals surface area contributed by atoms with E-state index in [1.165, 1.54) is 0 Å². The van der Waals surface area contributed by atoms with Crippen LogP contribution in [-0.4, -0.2) is 25.5 Å². The molecule has 2 aromatic rings. The standard InChI is InChI=1S/C14H18N2O4/c1-8(2)19-13-7-11(17-3)9(5-12(13)18-4)10-6-14(15)20-16-10/h5-8H,15H2,1-4H3. The van der Waals surface area contributed by atoms with Crippen LogP contribution < -0.4 is 19.9 Å². The highest BCUT2D eigenvalue weighted by Gasteiger charge is 2.17. The van der Waals surface area contributed by atoms with Gasteiger partial charge in [-0.25, -0.2) is 0 Å². The Balaban J connectivity index is 2.52. The highest BCUT2D eigenvalue weighted by atomic mass is 16.5. The summed E-state index contributed by atoms with van der Waals surface area (Å²) in [7, 11) is 3.16. The molecule has 0 saturated carbocycles. The van der Waals surface area contributed by atoms with Gasteiger partial charge in [-0.15, -0.1) is 0 Å². The topological polar surface area (TPSA) is 79.7 Å². The Kier molecular flexibility index (Phi) is 4.02. The van der Waals surface area contributed by atoms with Crippen LogP contribution >= 0.6 is 0 Å². The van der Waals surface area contributed by atoms with Crippen LogP contribution in [0.25, 0.3) is 11.3 Å². The maximum absolute atomic E-state index is 5.70. The van der Waals surface area contributed by atoms with Gasteiger partial charge in [0.25, 0.3) is 0 Å². The van der Waals surface area contributed by atoms with Gasteiger partial charge in [0.2, 0.25) is 5.88 Å². The van der Waals surface area contributed by atoms with Crippen LogP contribution in [-0.2, 0) is 0 Å². The first-order valence-electron chi connectivity index (χ1n) is 6.20. The fourth-order valence-corrected chi connectivity index (χ4v) is 1.83. The summed E-state index contributed by atoms with van der Waals surface area (Å²) >= 11 is 0. The molecule has 20 heavy (non-hydrogen) atoms. The normalized spacial score (nSPS) is 10.7. The van der Waals surface area contributed by atoms with Crippen LogP contribution in [0.1, 0.15) is 13.8 Å². The van der Waals surface area contributed by atoms with Gasteiger partial charge in [-0.05, 0) is 19.9 Å². The van der Waals surface area contributed by atoms with E-state index in [9.17, 15) is 0 Å². The van der Waals surface area contributed by atoms with Gasteiger partial charge in [-0.2, -0.15) is 0 Å². The van der Waals surface area contributed by atoms with E-state index in [2.05, 4.69) is 5.16 Å². The number of rotatable bonds is 5. The smallest absolute Gasteiger partial charge is 0.222 e. The predicted octanol–water partition coefficient (Wildman–Crippen LogP) is 2.73. The monoisotopic (exact) mass is 278 g/mol. The summed E-state index contributed by atoms with van der Waals surface area (Å²) in [6.45, 7) is 3.89. The van der Waals surface area contributed by atoms with Gasteiger partial charge in [0.05, 0.1) is 20.3 Å². The third-order valence-electron chi connectivity index (χ3n) is 2.65. The molecule has 0 fully saturated rings. The lowest BCUT2D eigenvalue weighted by molar-refractivity contribution is 0.229. The van der Waals surface area contributed by atoms with Gasteiger partial charge in [0.1, 0.15) is 11.4 Å². The molecule has 0 aliphatic rings. The second-order valence-corrected chi connectivity index (χ2v) is 4.48. The van der Waals surface area contributed by atoms with Crippen molar-refractivity contribution in [1.29, 1.82) is 0 Å². The molecule has 6 nitrogen and oxygen atoms in total. The highest BCUT2D eigenvalue weighted by Crippen LogP contribution is 2.40. The fraction of sp³-hybridized carbons (Fsp3) is 0.357. The molecule has 0 spiro atoms. The van der Waals surface area contributed by atoms with Crippen LogP contribution in [0.15, 0.2) is 22.7 Å². The number of methoxy groups -OCH3 is 2. The zero-order valence-corrected chi connectivity index (χ0v) is 12.0. The van der Waals surface area contributed by atoms with Gasteiger partial charge < -0.3 is 24.5 Å². The van der Waals surface area contributed by atoms with Crippen molar-refractivity contribution in [3.63, 3.8) is 0 Å². The molecule has 1 aromatic heterocycles. The van der Waals surface area contributed by atoms with Crippen molar-refractivity contribution in [2.24, 2.45) is 0 Å². The van der Waals surface area contributed by atoms with Crippen molar-refractivity contribution in [1.82, 2.24) is 5.16 Å². The molecule has 0 saturated heterocycles. The molecule has 0 aliphatic carbocycles. The molecule has 0 aliphatic heterocycles. The summed E-state index contributed by atoms with van der Waals surface area (Å²) in [5, 5.41) is 3.88. The van der Waals surface area contributed by atoms with Gasteiger partial charge in [-0.3, -0.25) is 0 Å². The van der Waals surface area contributed by atoms with Crippen LogP contribution in [0.2, 0.25) is 0 Å². The predicted molar refractivity (Wildman–Crippen MR) is 75.2 cm³/mol. The molecular weight excluding hydrogens is 260 g/mol. The molecule has 0 unspecified atom stereocenters. The number of hydrogen-bond acceptors (Lipinski definition) is 6. The van der Waals surface area contributed by atoms with Crippen molar-refractivity contribution in [3.05, 3.63) is 18.2 Å². The number of nitrogens with zero attached hydrogens (tertiary/aromatic N) is 1. The summed E-state index contributed by atoms with van der Waals surface area (Å²) in [5.41, 5.74) is 6.85. The Bertz CT molecular complexity index is 593. The maximum atomic E-state index is 5.70. The van der Waals surface area contributed by atoms with Crippen molar-refractivity contribution in [2.75, 3.05) is 20.0 Å². The van der Waals surface area contributed by atoms with Gasteiger partial charge in [0, 0.05) is 17.7 Å². The Labute approximate surface area is 117 Å². The minimum absolute atomic E-state index is 0.0298. The average Bonchev–Trinajstić information content (AvgIpc) is 2.84. The van der Waals surface area contributed by atoms with Crippen molar-refractivity contribution in [2.45, 2.75) is 20.0 Å². The molecule has 1 aromatic carbocycles. The third kappa shape index (κ3) is 2.79. The Morgan fingerprint density at radius 1 is 1.05 bits per heavy atom. The van der Waals surface area contributed by atoms with E-state index in [4.69, 9.17) is 24.5 Å². The summed E-state index contributed by atoms with van der Waals surface area (Å²) in [4.78, 5) is 0. The number of hydrogen-bond donors (Lipinski definition) is 1. The van der Waals surface area contributed by atoms with Crippen molar-refractivity contribution < 1.29 is 18.7 Å². The second-order valence-electron chi connectivity index (χ2n) is 4.48. The SMILES string of the molecule is COc1cc(-c2cc(N)on2)c(OC)cc1OC(C)C. The maximum Gasteiger partial charge on any atom is 0.222 e. The number of anilines is 1. The van der Waals surface area contributed by atoms with E-state index < -0.39 is 0 Å². The van der Waals surface area contributed by atoms with Crippen molar-refractivity contribution >= 4 is 5.88 Å². The molecule has 108 valence electrons. The van der Waals surface area contributed by atoms with E-state index in [1.54, 1.807) is 32.4 Å². The number of benzene rings is 1. The molecule has 2 rings (SSSR count). The molecule has 0 atom stereocenters. The summed E-state index contributed by atoms with van der Waals surface area (Å²) in [6, 6.07) is 5.17. The summed E-state index contributed by atoms with van der Waals surface area (Å²) < 4.78 is 21.3. The van der Waals surface area contributed by atoms with Gasteiger partial charge in [-0.1, -0.05) is 5.16 Å². The zero-order chi connectivity index (χ0) is 14.7. The summed E-state index contributed by atoms with van der Waals surface area (Å²) in [6.07, 6.45) is 0.0298. The first-order valence-corrected chi connectivity index (χ1v) is 6.20. The lowest BCUT2D eigenvalue weighted by Crippen LogP contribution is -2.07. The van der Waals surface area contributed by atoms with E-state index in [0.29, 0.717) is 22.9 Å². The van der Waals surface area contributed by atoms with Crippen LogP contribution in [0.5, 0.6) is 17.2 Å². The number of nitrogen functional groups attached to an aromatic ring is 1. The quantitative estimate of drug-likeness (QED) is 0.905. The molecule has 6 heteroatoms. The van der Waals surface area contributed by atoms with Crippen LogP contribution in [0, 0.1) is 0 Å². The minimum atomic E-state index is 0.0298. The molecule has 0 radical (unpaired) electrons. The molecule has 0 bridgehead atoms. The third-order valence-corrected chi connectivity index (χ3v) is 2.65. The molecule has 0 amide bonds. The Morgan fingerprint density at radius 2 is 1.75 bits per heavy atom. The average molecular weight is 278 g/mol. The highest BCUT2D eigenvalue weighted by molar-refractivity contribution is 5.72. The Morgan fingerprint density at radius 3 is 2.25 bits per heavy atom. The second kappa shape index (κ2) is 5.73. The van der Waals surface area contributed by atoms with E-state index >= 15 is 0 Å². The molecular formula is C14H18N2O4. The first kappa shape index (κ1) is 14.0. The molecule has 1 heterocycles. The number of aromatic nitrogens is 1. The number of nitrogens with two attached hydrogens (primary N) is 1. The lowest BCUT2D eigenvalue weighted by atomic mass is 10.1. The lowest BCUT2D eigenvalue weighted by Gasteiger charge is -2.16. The van der Waals surface area contributed by atoms with Gasteiger partial charge >= 0.3 is 0 Å². The number of ether oxygens (including phenoxy) is 3. The minimum Gasteiger partial charge on any atom is -0.496 e. The van der Waals surface area contributed by atoms with Crippen LogP contribution in [0.4, 0.5) is 5.88 Å². The van der Waals surface area contributed by atoms with E-state index in [1.807, 2.05) is 13.8 Å². The zero-order valence-electron chi connectivity index (χ0n) is 12.0. The molecule has 2 N–H and O–H groups in total. The van der Waals surface area contributed by atoms with Crippen molar-refractivity contribution in [3.8, 4) is 28.5 Å². The van der Waals surface area contributed by atoms with E-state index in [0.717, 1.165) is 5.56 Å². The van der Waals surface area contributed by atoms with Gasteiger partial charge in [0.15, 0.2) is 11.5 Å². The summed E-state index contributed by atoms with van der Waals surface area (Å²) in [5.74, 6) is 2.05. The fourth-order valence-electron chi connectivity index (χ4n) is 1.83. The Hall–Kier alpha value is -2.37. The first-order chi connectivity index (χ1) is 9.55. The largest absolute Gasteiger partial charge is 0.496 e.